The average molecular weight is 408 g/mol. The average Bonchev–Trinajstić information content (AvgIpc) is 3.46. The Hall–Kier alpha value is -2.73. The normalized spacial score (nSPS) is 20.8. The fourth-order valence-corrected chi connectivity index (χ4v) is 5.56. The molecule has 5 rings (SSSR count). The third-order valence-electron chi connectivity index (χ3n) is 6.22. The summed E-state index contributed by atoms with van der Waals surface area (Å²) in [6.45, 7) is 2.33. The zero-order chi connectivity index (χ0) is 20.0. The van der Waals surface area contributed by atoms with Gasteiger partial charge in [0.15, 0.2) is 17.9 Å². The number of fused-ring (bicyclic) bond motifs is 1. The molecule has 29 heavy (non-hydrogen) atoms. The van der Waals surface area contributed by atoms with Gasteiger partial charge in [-0.2, -0.15) is 0 Å². The smallest absolute Gasteiger partial charge is 0.166 e. The third kappa shape index (κ3) is 3.31. The first-order valence-electron chi connectivity index (χ1n) is 9.91. The minimum Gasteiger partial charge on any atom is -0.504 e. The summed E-state index contributed by atoms with van der Waals surface area (Å²) in [4.78, 5) is 18.8. The van der Waals surface area contributed by atoms with Crippen molar-refractivity contribution in [3.05, 3.63) is 54.0 Å². The van der Waals surface area contributed by atoms with Gasteiger partial charge in [-0.05, 0) is 66.6 Å². The molecule has 148 valence electrons. The standard InChI is InChI=1S/C23H21FN2O2S/c24-20-9-17(8-18(13-27)22(20)28)21-10-25-23(29-21)14-4-6-19(7-5-14)26-11-15-2-1-3-16(15)12-26/h4-10,13,15-16,28H,1-3,11-12H2/t15-,16+. The Kier molecular flexibility index (Phi) is 4.59. The Morgan fingerprint density at radius 2 is 1.83 bits per heavy atom. The highest BCUT2D eigenvalue weighted by Crippen LogP contribution is 2.40. The summed E-state index contributed by atoms with van der Waals surface area (Å²) in [7, 11) is 0. The van der Waals surface area contributed by atoms with Gasteiger partial charge in [0.05, 0.1) is 10.4 Å². The minimum absolute atomic E-state index is 0.0605. The lowest BCUT2D eigenvalue weighted by Crippen LogP contribution is -2.20. The molecule has 2 atom stereocenters. The second-order valence-electron chi connectivity index (χ2n) is 7.95. The molecule has 0 bridgehead atoms. The van der Waals surface area contributed by atoms with Gasteiger partial charge < -0.3 is 10.0 Å². The van der Waals surface area contributed by atoms with E-state index in [1.54, 1.807) is 6.20 Å². The van der Waals surface area contributed by atoms with Crippen LogP contribution >= 0.6 is 11.3 Å². The molecule has 2 aliphatic rings. The Bertz CT molecular complexity index is 1050. The van der Waals surface area contributed by atoms with Crippen molar-refractivity contribution in [3.63, 3.8) is 0 Å². The van der Waals surface area contributed by atoms with E-state index < -0.39 is 11.6 Å². The second kappa shape index (κ2) is 7.26. The Labute approximate surface area is 172 Å². The van der Waals surface area contributed by atoms with Crippen LogP contribution in [0.2, 0.25) is 0 Å². The van der Waals surface area contributed by atoms with Gasteiger partial charge in [0.25, 0.3) is 0 Å². The fourth-order valence-electron chi connectivity index (χ4n) is 4.65. The van der Waals surface area contributed by atoms with Crippen LogP contribution < -0.4 is 4.90 Å². The van der Waals surface area contributed by atoms with Crippen molar-refractivity contribution in [1.29, 1.82) is 0 Å². The zero-order valence-electron chi connectivity index (χ0n) is 15.8. The van der Waals surface area contributed by atoms with E-state index in [2.05, 4.69) is 34.1 Å². The van der Waals surface area contributed by atoms with Gasteiger partial charge >= 0.3 is 0 Å². The molecule has 1 aliphatic heterocycles. The molecule has 2 heterocycles. The molecule has 1 saturated heterocycles. The highest BCUT2D eigenvalue weighted by molar-refractivity contribution is 7.18. The number of aromatic nitrogens is 1. The van der Waals surface area contributed by atoms with Gasteiger partial charge in [-0.25, -0.2) is 9.37 Å². The summed E-state index contributed by atoms with van der Waals surface area (Å²) in [5.74, 6) is 0.297. The third-order valence-corrected chi connectivity index (χ3v) is 7.31. The molecule has 0 radical (unpaired) electrons. The number of benzene rings is 2. The summed E-state index contributed by atoms with van der Waals surface area (Å²) in [6, 6.07) is 11.2. The number of carbonyl (C=O) groups is 1. The van der Waals surface area contributed by atoms with Crippen molar-refractivity contribution >= 4 is 23.3 Å². The van der Waals surface area contributed by atoms with E-state index in [-0.39, 0.29) is 5.56 Å². The molecule has 6 heteroatoms. The van der Waals surface area contributed by atoms with Crippen molar-refractivity contribution in [3.8, 4) is 26.8 Å². The Morgan fingerprint density at radius 3 is 2.52 bits per heavy atom. The van der Waals surface area contributed by atoms with E-state index in [1.807, 2.05) is 0 Å². The maximum atomic E-state index is 13.9. The number of halogens is 1. The summed E-state index contributed by atoms with van der Waals surface area (Å²) < 4.78 is 13.9. The van der Waals surface area contributed by atoms with Gasteiger partial charge in [-0.1, -0.05) is 6.42 Å². The summed E-state index contributed by atoms with van der Waals surface area (Å²) >= 11 is 1.44. The second-order valence-corrected chi connectivity index (χ2v) is 8.98. The van der Waals surface area contributed by atoms with Crippen LogP contribution in [0.3, 0.4) is 0 Å². The molecule has 4 nitrogen and oxygen atoms in total. The molecule has 1 aliphatic carbocycles. The minimum atomic E-state index is -0.806. The lowest BCUT2D eigenvalue weighted by atomic mass is 10.0. The van der Waals surface area contributed by atoms with E-state index in [4.69, 9.17) is 0 Å². The van der Waals surface area contributed by atoms with Crippen molar-refractivity contribution in [1.82, 2.24) is 4.98 Å². The molecule has 0 spiro atoms. The van der Waals surface area contributed by atoms with Crippen LogP contribution in [0.25, 0.3) is 21.0 Å². The number of aromatic hydroxyl groups is 1. The van der Waals surface area contributed by atoms with Crippen LogP contribution in [0, 0.1) is 17.7 Å². The molecule has 1 N–H and O–H groups in total. The molecule has 0 amide bonds. The highest BCUT2D eigenvalue weighted by Gasteiger charge is 2.36. The van der Waals surface area contributed by atoms with Crippen LogP contribution in [-0.2, 0) is 0 Å². The molecule has 3 aromatic rings. The maximum Gasteiger partial charge on any atom is 0.166 e. The molecule has 2 aromatic carbocycles. The van der Waals surface area contributed by atoms with E-state index in [0.717, 1.165) is 40.4 Å². The zero-order valence-corrected chi connectivity index (χ0v) is 16.7. The van der Waals surface area contributed by atoms with Crippen molar-refractivity contribution in [2.45, 2.75) is 19.3 Å². The van der Waals surface area contributed by atoms with Crippen LogP contribution in [-0.4, -0.2) is 29.5 Å². The van der Waals surface area contributed by atoms with Gasteiger partial charge in [-0.3, -0.25) is 4.79 Å². The van der Waals surface area contributed by atoms with Crippen molar-refractivity contribution in [2.24, 2.45) is 11.8 Å². The molecule has 0 unspecified atom stereocenters. The number of carbonyl (C=O) groups excluding carboxylic acids is 1. The predicted octanol–water partition coefficient (Wildman–Crippen LogP) is 5.37. The van der Waals surface area contributed by atoms with E-state index in [0.29, 0.717) is 11.8 Å². The molecule has 1 aromatic heterocycles. The summed E-state index contributed by atoms with van der Waals surface area (Å²) in [5.41, 5.74) is 2.75. The maximum absolute atomic E-state index is 13.9. The number of aldehydes is 1. The van der Waals surface area contributed by atoms with Crippen molar-refractivity contribution in [2.75, 3.05) is 18.0 Å². The van der Waals surface area contributed by atoms with Gasteiger partial charge in [0.2, 0.25) is 0 Å². The van der Waals surface area contributed by atoms with Crippen molar-refractivity contribution < 1.29 is 14.3 Å². The first-order valence-corrected chi connectivity index (χ1v) is 10.7. The lowest BCUT2D eigenvalue weighted by Gasteiger charge is -2.19. The quantitative estimate of drug-likeness (QED) is 0.590. The number of anilines is 1. The van der Waals surface area contributed by atoms with Crippen LogP contribution in [0.4, 0.5) is 10.1 Å². The summed E-state index contributed by atoms with van der Waals surface area (Å²) in [5, 5.41) is 10.4. The van der Waals surface area contributed by atoms with Gasteiger partial charge in [0, 0.05) is 30.5 Å². The topological polar surface area (TPSA) is 53.4 Å². The number of phenols is 1. The number of phenolic OH excluding ortho intramolecular Hbond substituents is 1. The number of hydrogen-bond donors (Lipinski definition) is 1. The van der Waals surface area contributed by atoms with Crippen LogP contribution in [0.5, 0.6) is 5.75 Å². The van der Waals surface area contributed by atoms with Crippen LogP contribution in [0.1, 0.15) is 29.6 Å². The number of hydrogen-bond acceptors (Lipinski definition) is 5. The molecule has 2 fully saturated rings. The van der Waals surface area contributed by atoms with E-state index in [1.165, 1.54) is 48.4 Å². The van der Waals surface area contributed by atoms with Gasteiger partial charge in [-0.15, -0.1) is 11.3 Å². The summed E-state index contributed by atoms with van der Waals surface area (Å²) in [6.07, 6.45) is 6.24. The van der Waals surface area contributed by atoms with Gasteiger partial charge in [0.1, 0.15) is 5.01 Å². The number of nitrogens with zero attached hydrogens (tertiary/aromatic N) is 2. The number of rotatable bonds is 4. The molecular weight excluding hydrogens is 387 g/mol. The SMILES string of the molecule is O=Cc1cc(-c2cnc(-c3ccc(N4C[C@H]5CCC[C@H]5C4)cc3)s2)cc(F)c1O. The lowest BCUT2D eigenvalue weighted by molar-refractivity contribution is 0.112. The Balaban J connectivity index is 1.37. The fraction of sp³-hybridized carbons (Fsp3) is 0.304. The molecular formula is C23H21FN2O2S. The van der Waals surface area contributed by atoms with E-state index in [9.17, 15) is 14.3 Å². The number of thiazole rings is 1. The first-order chi connectivity index (χ1) is 14.1. The first kappa shape index (κ1) is 18.3. The predicted molar refractivity (Wildman–Crippen MR) is 113 cm³/mol. The monoisotopic (exact) mass is 408 g/mol. The van der Waals surface area contributed by atoms with Crippen LogP contribution in [0.15, 0.2) is 42.6 Å². The Morgan fingerprint density at radius 1 is 1.10 bits per heavy atom. The highest BCUT2D eigenvalue weighted by atomic mass is 32.1. The van der Waals surface area contributed by atoms with E-state index >= 15 is 0 Å². The molecule has 1 saturated carbocycles. The largest absolute Gasteiger partial charge is 0.504 e.